The number of aromatic nitrogens is 4. The van der Waals surface area contributed by atoms with Gasteiger partial charge in [-0.2, -0.15) is 0 Å². The van der Waals surface area contributed by atoms with E-state index in [1.165, 1.54) is 16.6 Å². The molecule has 1 aromatic carbocycles. The Balaban J connectivity index is 1.49. The molecule has 1 amide bonds. The fourth-order valence-corrected chi connectivity index (χ4v) is 2.75. The molecule has 0 saturated carbocycles. The molecule has 3 rings (SSSR count). The van der Waals surface area contributed by atoms with Gasteiger partial charge >= 0.3 is 0 Å². The summed E-state index contributed by atoms with van der Waals surface area (Å²) in [5.41, 5.74) is 1.20. The van der Waals surface area contributed by atoms with E-state index >= 15 is 0 Å². The average Bonchev–Trinajstić information content (AvgIpc) is 3.01. The largest absolute Gasteiger partial charge is 0.339 e. The lowest BCUT2D eigenvalue weighted by Gasteiger charge is -2.34. The van der Waals surface area contributed by atoms with E-state index in [0.717, 1.165) is 37.7 Å². The van der Waals surface area contributed by atoms with Crippen molar-refractivity contribution in [2.24, 2.45) is 0 Å². The molecule has 0 radical (unpaired) electrons. The number of rotatable bonds is 4. The first-order valence-electron chi connectivity index (χ1n) is 7.16. The fraction of sp³-hybridized carbons (Fsp3) is 0.429. The van der Waals surface area contributed by atoms with Gasteiger partial charge < -0.3 is 4.90 Å². The molecule has 8 heteroatoms. The van der Waals surface area contributed by atoms with Crippen molar-refractivity contribution in [1.82, 2.24) is 30.0 Å². The number of carbonyl (C=O) groups is 1. The Kier molecular flexibility index (Phi) is 4.65. The molecule has 0 atom stereocenters. The maximum absolute atomic E-state index is 12.1. The standard InChI is InChI=1S/C14H17ClN6O/c15-13-3-1-2-12(8-13)9-19-4-6-20(7-5-19)14(22)10-21-11-16-17-18-21/h1-3,8,11H,4-7,9-10H2. The van der Waals surface area contributed by atoms with Gasteiger partial charge in [-0.05, 0) is 28.1 Å². The summed E-state index contributed by atoms with van der Waals surface area (Å²) in [7, 11) is 0. The van der Waals surface area contributed by atoms with Crippen LogP contribution in [0.2, 0.25) is 5.02 Å². The van der Waals surface area contributed by atoms with Crippen LogP contribution in [0.25, 0.3) is 0 Å². The third-order valence-electron chi connectivity index (χ3n) is 3.71. The summed E-state index contributed by atoms with van der Waals surface area (Å²) >= 11 is 6.01. The van der Waals surface area contributed by atoms with Crippen LogP contribution < -0.4 is 0 Å². The Morgan fingerprint density at radius 1 is 1.23 bits per heavy atom. The second kappa shape index (κ2) is 6.85. The van der Waals surface area contributed by atoms with Gasteiger partial charge in [-0.3, -0.25) is 9.69 Å². The average molecular weight is 321 g/mol. The zero-order chi connectivity index (χ0) is 15.4. The van der Waals surface area contributed by atoms with E-state index in [2.05, 4.69) is 26.5 Å². The lowest BCUT2D eigenvalue weighted by Crippen LogP contribution is -2.49. The van der Waals surface area contributed by atoms with Gasteiger partial charge in [0.1, 0.15) is 12.9 Å². The molecule has 7 nitrogen and oxygen atoms in total. The molecule has 22 heavy (non-hydrogen) atoms. The molecule has 1 aliphatic rings. The highest BCUT2D eigenvalue weighted by Crippen LogP contribution is 2.14. The number of benzene rings is 1. The summed E-state index contributed by atoms with van der Waals surface area (Å²) in [5.74, 6) is 0.0507. The summed E-state index contributed by atoms with van der Waals surface area (Å²) in [4.78, 5) is 16.3. The minimum absolute atomic E-state index is 0.0507. The highest BCUT2D eigenvalue weighted by Gasteiger charge is 2.21. The van der Waals surface area contributed by atoms with Crippen molar-refractivity contribution in [2.45, 2.75) is 13.1 Å². The van der Waals surface area contributed by atoms with Crippen LogP contribution in [0.4, 0.5) is 0 Å². The van der Waals surface area contributed by atoms with Crippen LogP contribution in [-0.4, -0.2) is 62.1 Å². The third kappa shape index (κ3) is 3.80. The van der Waals surface area contributed by atoms with Gasteiger partial charge in [-0.25, -0.2) is 4.68 Å². The lowest BCUT2D eigenvalue weighted by molar-refractivity contribution is -0.133. The monoisotopic (exact) mass is 320 g/mol. The second-order valence-corrected chi connectivity index (χ2v) is 5.73. The Labute approximate surface area is 133 Å². The van der Waals surface area contributed by atoms with Gasteiger partial charge in [0, 0.05) is 37.7 Å². The number of amides is 1. The minimum atomic E-state index is 0.0507. The van der Waals surface area contributed by atoms with E-state index < -0.39 is 0 Å². The molecule has 0 bridgehead atoms. The fourth-order valence-electron chi connectivity index (χ4n) is 2.54. The Morgan fingerprint density at radius 2 is 2.05 bits per heavy atom. The van der Waals surface area contributed by atoms with Crippen LogP contribution in [0.3, 0.4) is 0 Å². The molecule has 116 valence electrons. The molecule has 1 fully saturated rings. The van der Waals surface area contributed by atoms with Crippen LogP contribution in [0.5, 0.6) is 0 Å². The van der Waals surface area contributed by atoms with Gasteiger partial charge in [0.15, 0.2) is 0 Å². The summed E-state index contributed by atoms with van der Waals surface area (Å²) in [6.07, 6.45) is 1.45. The topological polar surface area (TPSA) is 67.2 Å². The van der Waals surface area contributed by atoms with E-state index in [9.17, 15) is 4.79 Å². The predicted molar refractivity (Wildman–Crippen MR) is 81.1 cm³/mol. The number of halogens is 1. The summed E-state index contributed by atoms with van der Waals surface area (Å²) in [5, 5.41) is 11.5. The minimum Gasteiger partial charge on any atom is -0.339 e. The van der Waals surface area contributed by atoms with Crippen LogP contribution in [0.1, 0.15) is 5.56 Å². The van der Waals surface area contributed by atoms with E-state index in [1.807, 2.05) is 23.1 Å². The molecule has 1 aromatic heterocycles. The molecule has 2 heterocycles. The molecule has 1 saturated heterocycles. The Bertz CT molecular complexity index is 624. The molecular weight excluding hydrogens is 304 g/mol. The van der Waals surface area contributed by atoms with Crippen molar-refractivity contribution in [2.75, 3.05) is 26.2 Å². The number of piperazine rings is 1. The molecule has 2 aromatic rings. The molecule has 1 aliphatic heterocycles. The molecule has 0 spiro atoms. The van der Waals surface area contributed by atoms with Gasteiger partial charge in [0.25, 0.3) is 0 Å². The smallest absolute Gasteiger partial charge is 0.244 e. The molecular formula is C14H17ClN6O. The first kappa shape index (κ1) is 14.9. The maximum Gasteiger partial charge on any atom is 0.244 e. The number of hydrogen-bond acceptors (Lipinski definition) is 5. The zero-order valence-corrected chi connectivity index (χ0v) is 12.9. The SMILES string of the molecule is O=C(Cn1cnnn1)N1CCN(Cc2cccc(Cl)c2)CC1. The summed E-state index contributed by atoms with van der Waals surface area (Å²) in [6.45, 7) is 4.21. The number of nitrogens with zero attached hydrogens (tertiary/aromatic N) is 6. The predicted octanol–water partition coefficient (Wildman–Crippen LogP) is 0.671. The van der Waals surface area contributed by atoms with Gasteiger partial charge in [0.2, 0.25) is 5.91 Å². The van der Waals surface area contributed by atoms with Crippen molar-refractivity contribution >= 4 is 17.5 Å². The van der Waals surface area contributed by atoms with Gasteiger partial charge in [-0.1, -0.05) is 23.7 Å². The molecule has 0 unspecified atom stereocenters. The molecule has 0 aliphatic carbocycles. The van der Waals surface area contributed by atoms with Crippen LogP contribution in [-0.2, 0) is 17.9 Å². The second-order valence-electron chi connectivity index (χ2n) is 5.29. The highest BCUT2D eigenvalue weighted by atomic mass is 35.5. The van der Waals surface area contributed by atoms with Crippen LogP contribution in [0.15, 0.2) is 30.6 Å². The van der Waals surface area contributed by atoms with Gasteiger partial charge in [-0.15, -0.1) is 5.10 Å². The van der Waals surface area contributed by atoms with Crippen molar-refractivity contribution in [3.8, 4) is 0 Å². The quantitative estimate of drug-likeness (QED) is 0.828. The lowest BCUT2D eigenvalue weighted by atomic mass is 10.2. The first-order valence-corrected chi connectivity index (χ1v) is 7.54. The van der Waals surface area contributed by atoms with Crippen molar-refractivity contribution < 1.29 is 4.79 Å². The maximum atomic E-state index is 12.1. The van der Waals surface area contributed by atoms with Crippen molar-refractivity contribution in [3.63, 3.8) is 0 Å². The van der Waals surface area contributed by atoms with E-state index in [4.69, 9.17) is 11.6 Å². The Hall–Kier alpha value is -1.99. The van der Waals surface area contributed by atoms with E-state index in [0.29, 0.717) is 0 Å². The number of hydrogen-bond donors (Lipinski definition) is 0. The number of tetrazole rings is 1. The van der Waals surface area contributed by atoms with E-state index in [1.54, 1.807) is 0 Å². The van der Waals surface area contributed by atoms with Crippen molar-refractivity contribution in [1.29, 1.82) is 0 Å². The Morgan fingerprint density at radius 3 is 2.73 bits per heavy atom. The van der Waals surface area contributed by atoms with Crippen LogP contribution in [0, 0.1) is 0 Å². The highest BCUT2D eigenvalue weighted by molar-refractivity contribution is 6.30. The normalized spacial score (nSPS) is 16.0. The van der Waals surface area contributed by atoms with Gasteiger partial charge in [0.05, 0.1) is 0 Å². The zero-order valence-electron chi connectivity index (χ0n) is 12.1. The number of carbonyl (C=O) groups excluding carboxylic acids is 1. The van der Waals surface area contributed by atoms with Crippen LogP contribution >= 0.6 is 11.6 Å². The summed E-state index contributed by atoms with van der Waals surface area (Å²) in [6, 6.07) is 7.89. The van der Waals surface area contributed by atoms with E-state index in [-0.39, 0.29) is 12.5 Å². The first-order chi connectivity index (χ1) is 10.7. The van der Waals surface area contributed by atoms with Crippen molar-refractivity contribution in [3.05, 3.63) is 41.2 Å². The third-order valence-corrected chi connectivity index (χ3v) is 3.94. The summed E-state index contributed by atoms with van der Waals surface area (Å²) < 4.78 is 1.45. The molecule has 0 N–H and O–H groups in total.